The lowest BCUT2D eigenvalue weighted by Gasteiger charge is -2.55. The Hall–Kier alpha value is -1.51. The standard InChI is InChI=1S/C17H21NO2/c18-14-1-3-15(4-2-14)20-16(19)17-8-11-5-12(9-17)7-13(6-11)10-17/h1-4,11-13H,5-10,18H2. The number of benzene rings is 1. The Balaban J connectivity index is 1.54. The van der Waals surface area contributed by atoms with Gasteiger partial charge in [0, 0.05) is 5.69 Å². The maximum absolute atomic E-state index is 12.7. The molecule has 0 saturated heterocycles. The van der Waals surface area contributed by atoms with E-state index < -0.39 is 0 Å². The minimum absolute atomic E-state index is 0.00127. The Morgan fingerprint density at radius 2 is 1.50 bits per heavy atom. The highest BCUT2D eigenvalue weighted by Gasteiger charge is 2.55. The largest absolute Gasteiger partial charge is 0.426 e. The SMILES string of the molecule is Nc1ccc(OC(=O)C23CC4CC(CC(C4)C2)C3)cc1. The Morgan fingerprint density at radius 3 is 2.00 bits per heavy atom. The predicted octanol–water partition coefficient (Wildman–Crippen LogP) is 3.39. The van der Waals surface area contributed by atoms with Crippen molar-refractivity contribution >= 4 is 11.7 Å². The molecule has 0 heterocycles. The fourth-order valence-corrected chi connectivity index (χ4v) is 5.11. The summed E-state index contributed by atoms with van der Waals surface area (Å²) in [5.74, 6) is 2.92. The van der Waals surface area contributed by atoms with Gasteiger partial charge in [-0.3, -0.25) is 4.79 Å². The lowest BCUT2D eigenvalue weighted by molar-refractivity contribution is -0.161. The molecule has 4 saturated carbocycles. The van der Waals surface area contributed by atoms with E-state index in [1.807, 2.05) is 0 Å². The number of ether oxygens (including phenoxy) is 1. The van der Waals surface area contributed by atoms with Crippen molar-refractivity contribution in [1.29, 1.82) is 0 Å². The zero-order chi connectivity index (χ0) is 13.7. The van der Waals surface area contributed by atoms with Crippen molar-refractivity contribution in [3.63, 3.8) is 0 Å². The van der Waals surface area contributed by atoms with Crippen LogP contribution in [0.15, 0.2) is 24.3 Å². The van der Waals surface area contributed by atoms with E-state index in [-0.39, 0.29) is 11.4 Å². The fourth-order valence-electron chi connectivity index (χ4n) is 5.11. The molecule has 3 heteroatoms. The minimum atomic E-state index is -0.184. The molecule has 106 valence electrons. The van der Waals surface area contributed by atoms with Gasteiger partial charge in [0.05, 0.1) is 5.41 Å². The molecule has 0 atom stereocenters. The van der Waals surface area contributed by atoms with Gasteiger partial charge >= 0.3 is 5.97 Å². The monoisotopic (exact) mass is 271 g/mol. The summed E-state index contributed by atoms with van der Waals surface area (Å²) < 4.78 is 5.66. The summed E-state index contributed by atoms with van der Waals surface area (Å²) in [6.07, 6.45) is 7.17. The second-order valence-corrected chi connectivity index (χ2v) is 7.16. The molecule has 5 rings (SSSR count). The topological polar surface area (TPSA) is 52.3 Å². The number of rotatable bonds is 2. The molecular weight excluding hydrogens is 250 g/mol. The Bertz CT molecular complexity index is 499. The summed E-state index contributed by atoms with van der Waals surface area (Å²) in [6, 6.07) is 7.13. The second-order valence-electron chi connectivity index (χ2n) is 7.16. The van der Waals surface area contributed by atoms with Crippen molar-refractivity contribution in [3.8, 4) is 5.75 Å². The zero-order valence-corrected chi connectivity index (χ0v) is 11.7. The molecule has 3 nitrogen and oxygen atoms in total. The van der Waals surface area contributed by atoms with Crippen LogP contribution in [0.3, 0.4) is 0 Å². The molecule has 2 N–H and O–H groups in total. The highest BCUT2D eigenvalue weighted by Crippen LogP contribution is 2.60. The van der Waals surface area contributed by atoms with Gasteiger partial charge in [-0.15, -0.1) is 0 Å². The van der Waals surface area contributed by atoms with Crippen molar-refractivity contribution in [1.82, 2.24) is 0 Å². The molecule has 0 radical (unpaired) electrons. The van der Waals surface area contributed by atoms with Crippen LogP contribution in [-0.2, 0) is 4.79 Å². The number of anilines is 1. The van der Waals surface area contributed by atoms with Crippen LogP contribution in [0.4, 0.5) is 5.69 Å². The maximum atomic E-state index is 12.7. The first-order valence-corrected chi connectivity index (χ1v) is 7.71. The third-order valence-corrected chi connectivity index (χ3v) is 5.56. The molecule has 0 aliphatic heterocycles. The Morgan fingerprint density at radius 1 is 1.00 bits per heavy atom. The van der Waals surface area contributed by atoms with Gasteiger partial charge < -0.3 is 10.5 Å². The third kappa shape index (κ3) is 1.91. The number of hydrogen-bond acceptors (Lipinski definition) is 3. The van der Waals surface area contributed by atoms with E-state index in [0.29, 0.717) is 11.4 Å². The Labute approximate surface area is 119 Å². The molecule has 4 aliphatic rings. The van der Waals surface area contributed by atoms with Crippen molar-refractivity contribution in [3.05, 3.63) is 24.3 Å². The van der Waals surface area contributed by atoms with Gasteiger partial charge in [-0.2, -0.15) is 0 Å². The molecule has 20 heavy (non-hydrogen) atoms. The van der Waals surface area contributed by atoms with E-state index in [1.165, 1.54) is 19.3 Å². The molecule has 4 bridgehead atoms. The number of carbonyl (C=O) groups is 1. The van der Waals surface area contributed by atoms with Crippen LogP contribution in [0.1, 0.15) is 38.5 Å². The first-order chi connectivity index (χ1) is 9.63. The summed E-state index contributed by atoms with van der Waals surface area (Å²) in [5, 5.41) is 0. The van der Waals surface area contributed by atoms with Gasteiger partial charge in [0.2, 0.25) is 0 Å². The second kappa shape index (κ2) is 4.24. The Kier molecular flexibility index (Phi) is 2.60. The van der Waals surface area contributed by atoms with Gasteiger partial charge in [0.1, 0.15) is 5.75 Å². The lowest BCUT2D eigenvalue weighted by Crippen LogP contribution is -2.51. The molecule has 0 amide bonds. The smallest absolute Gasteiger partial charge is 0.317 e. The van der Waals surface area contributed by atoms with E-state index in [2.05, 4.69) is 0 Å². The molecular formula is C17H21NO2. The minimum Gasteiger partial charge on any atom is -0.426 e. The number of nitrogens with two attached hydrogens (primary N) is 1. The average molecular weight is 271 g/mol. The van der Waals surface area contributed by atoms with E-state index in [9.17, 15) is 4.79 Å². The zero-order valence-electron chi connectivity index (χ0n) is 11.7. The van der Waals surface area contributed by atoms with Gasteiger partial charge in [0.25, 0.3) is 0 Å². The molecule has 0 unspecified atom stereocenters. The van der Waals surface area contributed by atoms with E-state index in [4.69, 9.17) is 10.5 Å². The van der Waals surface area contributed by atoms with Crippen LogP contribution in [0.25, 0.3) is 0 Å². The highest BCUT2D eigenvalue weighted by atomic mass is 16.5. The van der Waals surface area contributed by atoms with Crippen LogP contribution >= 0.6 is 0 Å². The molecule has 1 aromatic rings. The van der Waals surface area contributed by atoms with Gasteiger partial charge in [-0.25, -0.2) is 0 Å². The molecule has 1 aromatic carbocycles. The van der Waals surface area contributed by atoms with Crippen LogP contribution in [0.2, 0.25) is 0 Å². The summed E-state index contributed by atoms with van der Waals surface area (Å²) in [7, 11) is 0. The molecule has 4 aliphatic carbocycles. The summed E-state index contributed by atoms with van der Waals surface area (Å²) in [5.41, 5.74) is 6.17. The number of esters is 1. The van der Waals surface area contributed by atoms with E-state index >= 15 is 0 Å². The average Bonchev–Trinajstić information content (AvgIpc) is 2.40. The summed E-state index contributed by atoms with van der Waals surface area (Å²) >= 11 is 0. The van der Waals surface area contributed by atoms with Crippen molar-refractivity contribution in [2.45, 2.75) is 38.5 Å². The molecule has 4 fully saturated rings. The van der Waals surface area contributed by atoms with Crippen LogP contribution in [-0.4, -0.2) is 5.97 Å². The van der Waals surface area contributed by atoms with Crippen LogP contribution in [0, 0.1) is 23.2 Å². The normalized spacial score (nSPS) is 37.9. The predicted molar refractivity (Wildman–Crippen MR) is 77.1 cm³/mol. The van der Waals surface area contributed by atoms with E-state index in [0.717, 1.165) is 37.0 Å². The van der Waals surface area contributed by atoms with Crippen molar-refractivity contribution in [2.75, 3.05) is 5.73 Å². The first kappa shape index (κ1) is 12.2. The highest BCUT2D eigenvalue weighted by molar-refractivity contribution is 5.80. The maximum Gasteiger partial charge on any atom is 0.317 e. The van der Waals surface area contributed by atoms with Gasteiger partial charge in [-0.1, -0.05) is 0 Å². The van der Waals surface area contributed by atoms with Crippen molar-refractivity contribution in [2.24, 2.45) is 23.2 Å². The summed E-state index contributed by atoms with van der Waals surface area (Å²) in [4.78, 5) is 12.7. The van der Waals surface area contributed by atoms with E-state index in [1.54, 1.807) is 24.3 Å². The molecule has 0 aromatic heterocycles. The third-order valence-electron chi connectivity index (χ3n) is 5.56. The van der Waals surface area contributed by atoms with Gasteiger partial charge in [0.15, 0.2) is 0 Å². The van der Waals surface area contributed by atoms with Crippen LogP contribution < -0.4 is 10.5 Å². The van der Waals surface area contributed by atoms with Gasteiger partial charge in [-0.05, 0) is 80.5 Å². The quantitative estimate of drug-likeness (QED) is 0.509. The fraction of sp³-hybridized carbons (Fsp3) is 0.588. The summed E-state index contributed by atoms with van der Waals surface area (Å²) in [6.45, 7) is 0. The number of hydrogen-bond donors (Lipinski definition) is 1. The van der Waals surface area contributed by atoms with Crippen LogP contribution in [0.5, 0.6) is 5.75 Å². The first-order valence-electron chi connectivity index (χ1n) is 7.71. The number of nitrogen functional groups attached to an aromatic ring is 1. The lowest BCUT2D eigenvalue weighted by atomic mass is 9.49. The number of carbonyl (C=O) groups excluding carboxylic acids is 1. The van der Waals surface area contributed by atoms with Crippen molar-refractivity contribution < 1.29 is 9.53 Å². The molecule has 0 spiro atoms.